The van der Waals surface area contributed by atoms with Crippen LogP contribution in [0.4, 0.5) is 27.7 Å². The fourth-order valence-electron chi connectivity index (χ4n) is 3.00. The number of imidazole rings is 1. The molecule has 0 saturated heterocycles. The topological polar surface area (TPSA) is 97.1 Å². The Morgan fingerprint density at radius 2 is 1.87 bits per heavy atom. The van der Waals surface area contributed by atoms with Gasteiger partial charge in [0.2, 0.25) is 11.9 Å². The molecule has 0 aliphatic heterocycles. The van der Waals surface area contributed by atoms with Crippen LogP contribution in [-0.4, -0.2) is 38.3 Å². The van der Waals surface area contributed by atoms with E-state index in [0.29, 0.717) is 41.7 Å². The molecule has 8 nitrogen and oxygen atoms in total. The van der Waals surface area contributed by atoms with E-state index < -0.39 is 0 Å². The highest BCUT2D eigenvalue weighted by molar-refractivity contribution is 5.77. The molecule has 3 N–H and O–H groups in total. The molecule has 0 saturated carbocycles. The quantitative estimate of drug-likeness (QED) is 0.407. The van der Waals surface area contributed by atoms with E-state index in [0.717, 1.165) is 11.4 Å². The summed E-state index contributed by atoms with van der Waals surface area (Å²) in [6.07, 6.45) is 2.11. The van der Waals surface area contributed by atoms with Gasteiger partial charge in [-0.3, -0.25) is 4.57 Å². The van der Waals surface area contributed by atoms with Crippen LogP contribution < -0.4 is 15.4 Å². The van der Waals surface area contributed by atoms with E-state index in [1.165, 1.54) is 6.07 Å². The second-order valence-corrected chi connectivity index (χ2v) is 6.53. The Balaban J connectivity index is 1.68. The van der Waals surface area contributed by atoms with E-state index in [2.05, 4.69) is 25.6 Å². The number of aliphatic hydroxyl groups is 1. The molecular formula is C21H21FN6O2. The molecule has 0 aliphatic rings. The highest BCUT2D eigenvalue weighted by Crippen LogP contribution is 2.25. The van der Waals surface area contributed by atoms with Crippen LogP contribution in [0.2, 0.25) is 0 Å². The van der Waals surface area contributed by atoms with Crippen molar-refractivity contribution < 1.29 is 14.2 Å². The molecule has 2 aromatic carbocycles. The smallest absolute Gasteiger partial charge is 0.229 e. The fourth-order valence-corrected chi connectivity index (χ4v) is 3.00. The van der Waals surface area contributed by atoms with Gasteiger partial charge in [0, 0.05) is 18.8 Å². The van der Waals surface area contributed by atoms with Crippen LogP contribution in [0.1, 0.15) is 6.42 Å². The lowest BCUT2D eigenvalue weighted by Gasteiger charge is -2.11. The number of anilines is 4. The second kappa shape index (κ2) is 8.75. The standard InChI is InChI=1S/C21H21FN6O2/c1-30-15-9-7-14(8-10-15)24-20-23-13-18-19(27-20)28(11-4-12-29)21(26-18)25-17-6-3-2-5-16(17)22/h2-3,5-10,13,29H,4,11-12H2,1H3,(H,25,26)(H,23,24,27). The summed E-state index contributed by atoms with van der Waals surface area (Å²) in [5, 5.41) is 15.4. The lowest BCUT2D eigenvalue weighted by molar-refractivity contribution is 0.280. The summed E-state index contributed by atoms with van der Waals surface area (Å²) in [5.41, 5.74) is 2.25. The minimum absolute atomic E-state index is 0.0147. The Morgan fingerprint density at radius 3 is 2.60 bits per heavy atom. The third kappa shape index (κ3) is 4.15. The monoisotopic (exact) mass is 408 g/mol. The number of nitrogens with one attached hydrogen (secondary N) is 2. The van der Waals surface area contributed by atoms with Crippen molar-refractivity contribution >= 4 is 34.4 Å². The van der Waals surface area contributed by atoms with Crippen molar-refractivity contribution in [2.75, 3.05) is 24.4 Å². The first-order valence-electron chi connectivity index (χ1n) is 9.44. The van der Waals surface area contributed by atoms with Crippen LogP contribution in [0, 0.1) is 5.82 Å². The molecule has 2 heterocycles. The van der Waals surface area contributed by atoms with Crippen molar-refractivity contribution in [1.29, 1.82) is 0 Å². The molecule has 0 aliphatic carbocycles. The largest absolute Gasteiger partial charge is 0.497 e. The lowest BCUT2D eigenvalue weighted by Crippen LogP contribution is -2.07. The first kappa shape index (κ1) is 19.6. The summed E-state index contributed by atoms with van der Waals surface area (Å²) in [6.45, 7) is 0.476. The minimum Gasteiger partial charge on any atom is -0.497 e. The number of aliphatic hydroxyl groups excluding tert-OH is 1. The van der Waals surface area contributed by atoms with Crippen LogP contribution in [0.15, 0.2) is 54.7 Å². The van der Waals surface area contributed by atoms with Crippen molar-refractivity contribution in [2.45, 2.75) is 13.0 Å². The van der Waals surface area contributed by atoms with Gasteiger partial charge < -0.3 is 20.5 Å². The van der Waals surface area contributed by atoms with E-state index in [1.807, 2.05) is 24.3 Å². The maximum atomic E-state index is 14.1. The maximum Gasteiger partial charge on any atom is 0.229 e. The number of nitrogens with zero attached hydrogens (tertiary/aromatic N) is 4. The highest BCUT2D eigenvalue weighted by Gasteiger charge is 2.15. The number of rotatable bonds is 8. The average molecular weight is 408 g/mol. The van der Waals surface area contributed by atoms with E-state index in [1.54, 1.807) is 36.1 Å². The number of ether oxygens (including phenoxy) is 1. The Kier molecular flexibility index (Phi) is 5.71. The van der Waals surface area contributed by atoms with Gasteiger partial charge in [-0.25, -0.2) is 14.4 Å². The molecule has 4 aromatic rings. The van der Waals surface area contributed by atoms with Gasteiger partial charge in [0.1, 0.15) is 17.1 Å². The third-order valence-electron chi connectivity index (χ3n) is 4.49. The molecule has 9 heteroatoms. The van der Waals surface area contributed by atoms with Gasteiger partial charge in [-0.05, 0) is 42.8 Å². The molecule has 4 rings (SSSR count). The molecule has 2 aromatic heterocycles. The molecule has 0 unspecified atom stereocenters. The summed E-state index contributed by atoms with van der Waals surface area (Å²) >= 11 is 0. The number of hydrogen-bond acceptors (Lipinski definition) is 7. The number of methoxy groups -OCH3 is 1. The lowest BCUT2D eigenvalue weighted by atomic mass is 10.3. The van der Waals surface area contributed by atoms with Crippen LogP contribution in [0.3, 0.4) is 0 Å². The Morgan fingerprint density at radius 1 is 1.07 bits per heavy atom. The molecule has 0 amide bonds. The second-order valence-electron chi connectivity index (χ2n) is 6.53. The number of fused-ring (bicyclic) bond motifs is 1. The summed E-state index contributed by atoms with van der Waals surface area (Å²) in [4.78, 5) is 13.4. The molecule has 0 atom stereocenters. The zero-order valence-electron chi connectivity index (χ0n) is 16.3. The first-order valence-corrected chi connectivity index (χ1v) is 9.44. The maximum absolute atomic E-state index is 14.1. The molecule has 30 heavy (non-hydrogen) atoms. The number of aryl methyl sites for hydroxylation is 1. The van der Waals surface area contributed by atoms with Crippen LogP contribution >= 0.6 is 0 Å². The van der Waals surface area contributed by atoms with E-state index in [-0.39, 0.29) is 12.4 Å². The molecule has 154 valence electrons. The number of benzene rings is 2. The van der Waals surface area contributed by atoms with Gasteiger partial charge in [-0.1, -0.05) is 12.1 Å². The Hall–Kier alpha value is -3.72. The Bertz CT molecular complexity index is 1150. The summed E-state index contributed by atoms with van der Waals surface area (Å²) in [7, 11) is 1.61. The van der Waals surface area contributed by atoms with Crippen molar-refractivity contribution in [3.8, 4) is 5.75 Å². The fraction of sp³-hybridized carbons (Fsp3) is 0.190. The van der Waals surface area contributed by atoms with Gasteiger partial charge >= 0.3 is 0 Å². The van der Waals surface area contributed by atoms with Gasteiger partial charge in [-0.2, -0.15) is 4.98 Å². The third-order valence-corrected chi connectivity index (χ3v) is 4.49. The first-order chi connectivity index (χ1) is 14.7. The number of halogens is 1. The molecule has 0 spiro atoms. The van der Waals surface area contributed by atoms with Gasteiger partial charge in [-0.15, -0.1) is 0 Å². The normalized spacial score (nSPS) is 10.9. The Labute approximate surface area is 172 Å². The number of para-hydroxylation sites is 1. The van der Waals surface area contributed by atoms with Crippen molar-refractivity contribution in [3.05, 3.63) is 60.5 Å². The summed E-state index contributed by atoms with van der Waals surface area (Å²) < 4.78 is 21.1. The van der Waals surface area contributed by atoms with Crippen LogP contribution in [-0.2, 0) is 6.54 Å². The van der Waals surface area contributed by atoms with Crippen LogP contribution in [0.5, 0.6) is 5.75 Å². The van der Waals surface area contributed by atoms with Gasteiger partial charge in [0.25, 0.3) is 0 Å². The minimum atomic E-state index is -0.383. The van der Waals surface area contributed by atoms with E-state index in [9.17, 15) is 9.50 Å². The van der Waals surface area contributed by atoms with Gasteiger partial charge in [0.15, 0.2) is 5.65 Å². The molecule has 0 fully saturated rings. The summed E-state index contributed by atoms with van der Waals surface area (Å²) in [5.74, 6) is 1.20. The highest BCUT2D eigenvalue weighted by atomic mass is 19.1. The van der Waals surface area contributed by atoms with E-state index in [4.69, 9.17) is 4.74 Å². The summed E-state index contributed by atoms with van der Waals surface area (Å²) in [6, 6.07) is 13.8. The SMILES string of the molecule is COc1ccc(Nc2ncc3nc(Nc4ccccc4F)n(CCCO)c3n2)cc1. The van der Waals surface area contributed by atoms with Gasteiger partial charge in [0.05, 0.1) is 19.0 Å². The predicted octanol–water partition coefficient (Wildman–Crippen LogP) is 3.84. The molecule has 0 bridgehead atoms. The molecular weight excluding hydrogens is 387 g/mol. The van der Waals surface area contributed by atoms with Crippen molar-refractivity contribution in [1.82, 2.24) is 19.5 Å². The zero-order chi connectivity index (χ0) is 20.9. The number of hydrogen-bond donors (Lipinski definition) is 3. The van der Waals surface area contributed by atoms with Crippen LogP contribution in [0.25, 0.3) is 11.2 Å². The zero-order valence-corrected chi connectivity index (χ0v) is 16.3. The average Bonchev–Trinajstić information content (AvgIpc) is 3.10. The predicted molar refractivity (Wildman–Crippen MR) is 113 cm³/mol. The molecule has 0 radical (unpaired) electrons. The number of aromatic nitrogens is 4. The van der Waals surface area contributed by atoms with Crippen molar-refractivity contribution in [3.63, 3.8) is 0 Å². The van der Waals surface area contributed by atoms with Crippen molar-refractivity contribution in [2.24, 2.45) is 0 Å². The van der Waals surface area contributed by atoms with E-state index >= 15 is 0 Å².